The quantitative estimate of drug-likeness (QED) is 0.0207. The highest BCUT2D eigenvalue weighted by Crippen LogP contribution is 2.43. The Bertz CT molecular complexity index is 1120. The molecule has 0 saturated carbocycles. The molecule has 0 aliphatic heterocycles. The number of carbonyl (C=O) groups excluding carboxylic acids is 2. The zero-order valence-corrected chi connectivity index (χ0v) is 40.1. The van der Waals surface area contributed by atoms with Gasteiger partial charge in [0.2, 0.25) is 5.91 Å². The van der Waals surface area contributed by atoms with Crippen molar-refractivity contribution in [1.29, 1.82) is 0 Å². The summed E-state index contributed by atoms with van der Waals surface area (Å²) in [7, 11) is 1.48. The Kier molecular flexibility index (Phi) is 39.1. The molecule has 0 heterocycles. The molecule has 1 amide bonds. The maximum Gasteiger partial charge on any atom is 0.472 e. The van der Waals surface area contributed by atoms with Crippen molar-refractivity contribution >= 4 is 19.7 Å². The molecule has 9 nitrogen and oxygen atoms in total. The maximum absolute atomic E-state index is 13.3. The van der Waals surface area contributed by atoms with Gasteiger partial charge in [-0.3, -0.25) is 18.6 Å². The number of unbranched alkanes of at least 4 members (excludes halogenated alkanes) is 23. The first-order valence-corrected chi connectivity index (χ1v) is 25.8. The number of likely N-dealkylation sites (N-methyl/N-ethyl adjacent to an activating group) is 1. The van der Waals surface area contributed by atoms with Crippen LogP contribution in [0.1, 0.15) is 213 Å². The normalized spacial score (nSPS) is 14.4. The first kappa shape index (κ1) is 57.2. The van der Waals surface area contributed by atoms with Crippen molar-refractivity contribution in [3.63, 3.8) is 0 Å². The van der Waals surface area contributed by atoms with E-state index in [1.807, 2.05) is 33.3 Å². The van der Waals surface area contributed by atoms with E-state index in [4.69, 9.17) is 13.8 Å². The van der Waals surface area contributed by atoms with Gasteiger partial charge in [-0.15, -0.1) is 0 Å². The third-order valence-corrected chi connectivity index (χ3v) is 11.5. The molecule has 59 heavy (non-hydrogen) atoms. The Labute approximate surface area is 364 Å². The number of hydrogen-bond acceptors (Lipinski definition) is 6. The van der Waals surface area contributed by atoms with Crippen LogP contribution in [0, 0.1) is 0 Å². The first-order chi connectivity index (χ1) is 28.4. The smallest absolute Gasteiger partial charge is 0.456 e. The first-order valence-electron chi connectivity index (χ1n) is 24.3. The molecule has 0 rings (SSSR count). The number of quaternary nitrogens is 1. The molecule has 3 unspecified atom stereocenters. The number of phosphoric acid groups is 1. The Hall–Kier alpha value is -1.77. The summed E-state index contributed by atoms with van der Waals surface area (Å²) in [6.07, 6.45) is 44.2. The summed E-state index contributed by atoms with van der Waals surface area (Å²) >= 11 is 0. The van der Waals surface area contributed by atoms with Crippen LogP contribution in [0.2, 0.25) is 0 Å². The molecule has 0 fully saturated rings. The van der Waals surface area contributed by atoms with Crippen molar-refractivity contribution in [3.05, 3.63) is 36.5 Å². The standard InChI is InChI=1S/C49H93N2O7P/c1-7-10-13-16-19-22-25-28-31-34-37-40-47(58-49(53)42-39-36-33-30-27-24-21-18-15-12-9-3)46(45-57-59(54,55)56-44-43-51(4,5)6)50-48(52)41-38-35-32-29-26-23-20-17-14-11-8-2/h17-18,20-21,37,40,46-47H,7-16,19,22-36,38-39,41-45H2,1-6H3,(H-,50,52,54,55)/p+1/b20-17-,21-18-,40-37+. The number of rotatable bonds is 43. The lowest BCUT2D eigenvalue weighted by Crippen LogP contribution is -2.47. The topological polar surface area (TPSA) is 111 Å². The third kappa shape index (κ3) is 41.4. The summed E-state index contributed by atoms with van der Waals surface area (Å²) in [5, 5.41) is 3.01. The average molecular weight is 854 g/mol. The Morgan fingerprint density at radius 3 is 1.49 bits per heavy atom. The SMILES string of the molecule is CCCC/C=C\CCCCCCCC(=O)NC(COP(=O)(O)OCC[N+](C)(C)C)C(/C=C/CCCCCCCCCCC)OC(=O)CCCCCCC/C=C\CCCC. The van der Waals surface area contributed by atoms with Crippen LogP contribution in [-0.2, 0) is 27.9 Å². The number of ether oxygens (including phenoxy) is 1. The van der Waals surface area contributed by atoms with E-state index in [0.717, 1.165) is 109 Å². The minimum atomic E-state index is -4.43. The Morgan fingerprint density at radius 2 is 1.00 bits per heavy atom. The van der Waals surface area contributed by atoms with E-state index in [1.165, 1.54) is 70.6 Å². The minimum absolute atomic E-state index is 0.0379. The molecule has 0 spiro atoms. The highest BCUT2D eigenvalue weighted by Gasteiger charge is 2.30. The van der Waals surface area contributed by atoms with Crippen LogP contribution in [0.5, 0.6) is 0 Å². The number of esters is 1. The molecule has 0 aromatic rings. The summed E-state index contributed by atoms with van der Waals surface area (Å²) in [6, 6.07) is -0.849. The van der Waals surface area contributed by atoms with Crippen molar-refractivity contribution in [2.45, 2.75) is 226 Å². The van der Waals surface area contributed by atoms with Gasteiger partial charge in [0.25, 0.3) is 0 Å². The fourth-order valence-corrected chi connectivity index (χ4v) is 7.40. The van der Waals surface area contributed by atoms with Gasteiger partial charge in [0.05, 0.1) is 33.8 Å². The minimum Gasteiger partial charge on any atom is -0.456 e. The number of nitrogens with one attached hydrogen (secondary N) is 1. The van der Waals surface area contributed by atoms with Crippen molar-refractivity contribution < 1.29 is 37.3 Å². The molecule has 346 valence electrons. The lowest BCUT2D eigenvalue weighted by Gasteiger charge is -2.27. The predicted octanol–water partition coefficient (Wildman–Crippen LogP) is 13.7. The van der Waals surface area contributed by atoms with E-state index in [9.17, 15) is 19.0 Å². The van der Waals surface area contributed by atoms with Crippen LogP contribution in [0.4, 0.5) is 0 Å². The van der Waals surface area contributed by atoms with Gasteiger partial charge >= 0.3 is 13.8 Å². The molecule has 0 aromatic carbocycles. The van der Waals surface area contributed by atoms with Crippen molar-refractivity contribution in [2.75, 3.05) is 40.9 Å². The van der Waals surface area contributed by atoms with Gasteiger partial charge in [-0.05, 0) is 70.3 Å². The van der Waals surface area contributed by atoms with Crippen molar-refractivity contribution in [3.8, 4) is 0 Å². The predicted molar refractivity (Wildman–Crippen MR) is 249 cm³/mol. The molecule has 0 saturated heterocycles. The van der Waals surface area contributed by atoms with E-state index < -0.39 is 20.0 Å². The molecular weight excluding hydrogens is 760 g/mol. The summed E-state index contributed by atoms with van der Waals surface area (Å²) in [5.41, 5.74) is 0. The van der Waals surface area contributed by atoms with E-state index in [2.05, 4.69) is 50.4 Å². The second kappa shape index (κ2) is 40.3. The summed E-state index contributed by atoms with van der Waals surface area (Å²) in [4.78, 5) is 37.2. The summed E-state index contributed by atoms with van der Waals surface area (Å²) < 4.78 is 30.4. The molecule has 2 N–H and O–H groups in total. The zero-order valence-electron chi connectivity index (χ0n) is 39.2. The zero-order chi connectivity index (χ0) is 43.7. The van der Waals surface area contributed by atoms with Crippen LogP contribution < -0.4 is 5.32 Å². The molecule has 0 aliphatic rings. The van der Waals surface area contributed by atoms with Gasteiger partial charge < -0.3 is 19.4 Å². The van der Waals surface area contributed by atoms with E-state index >= 15 is 0 Å². The second-order valence-electron chi connectivity index (χ2n) is 17.6. The largest absolute Gasteiger partial charge is 0.472 e. The maximum atomic E-state index is 13.3. The monoisotopic (exact) mass is 854 g/mol. The fourth-order valence-electron chi connectivity index (χ4n) is 6.66. The van der Waals surface area contributed by atoms with Gasteiger partial charge in [-0.2, -0.15) is 0 Å². The van der Waals surface area contributed by atoms with Crippen LogP contribution >= 0.6 is 7.82 Å². The van der Waals surface area contributed by atoms with Crippen LogP contribution in [0.3, 0.4) is 0 Å². The molecule has 0 aromatic heterocycles. The highest BCUT2D eigenvalue weighted by molar-refractivity contribution is 7.47. The Balaban J connectivity index is 5.50. The van der Waals surface area contributed by atoms with E-state index in [0.29, 0.717) is 17.4 Å². The van der Waals surface area contributed by atoms with Crippen LogP contribution in [0.15, 0.2) is 36.5 Å². The van der Waals surface area contributed by atoms with E-state index in [-0.39, 0.29) is 31.5 Å². The third-order valence-electron chi connectivity index (χ3n) is 10.6. The number of phosphoric ester groups is 1. The number of hydrogen-bond donors (Lipinski definition) is 2. The van der Waals surface area contributed by atoms with Gasteiger partial charge in [-0.1, -0.05) is 167 Å². The Morgan fingerprint density at radius 1 is 0.576 bits per heavy atom. The fraction of sp³-hybridized carbons (Fsp3) is 0.837. The second-order valence-corrected chi connectivity index (χ2v) is 19.1. The molecule has 3 atom stereocenters. The van der Waals surface area contributed by atoms with Crippen LogP contribution in [0.25, 0.3) is 0 Å². The van der Waals surface area contributed by atoms with Gasteiger partial charge in [-0.25, -0.2) is 4.57 Å². The highest BCUT2D eigenvalue weighted by atomic mass is 31.2. The van der Waals surface area contributed by atoms with Crippen molar-refractivity contribution in [2.24, 2.45) is 0 Å². The molecule has 0 bridgehead atoms. The summed E-state index contributed by atoms with van der Waals surface area (Å²) in [5.74, 6) is -0.530. The number of amides is 1. The molecule has 0 aliphatic carbocycles. The number of nitrogens with zero attached hydrogens (tertiary/aromatic N) is 1. The molecule has 0 radical (unpaired) electrons. The average Bonchev–Trinajstić information content (AvgIpc) is 3.18. The van der Waals surface area contributed by atoms with E-state index in [1.54, 1.807) is 0 Å². The summed E-state index contributed by atoms with van der Waals surface area (Å²) in [6.45, 7) is 6.89. The number of allylic oxidation sites excluding steroid dienone is 5. The number of carbonyl (C=O) groups is 2. The lowest BCUT2D eigenvalue weighted by molar-refractivity contribution is -0.870. The van der Waals surface area contributed by atoms with Gasteiger partial charge in [0, 0.05) is 12.8 Å². The lowest BCUT2D eigenvalue weighted by atomic mass is 10.1. The molecule has 10 heteroatoms. The molecular formula is C49H94N2O7P+. The van der Waals surface area contributed by atoms with Gasteiger partial charge in [0.15, 0.2) is 0 Å². The van der Waals surface area contributed by atoms with Gasteiger partial charge in [0.1, 0.15) is 19.3 Å². The van der Waals surface area contributed by atoms with Crippen LogP contribution in [-0.4, -0.2) is 74.3 Å². The van der Waals surface area contributed by atoms with Crippen molar-refractivity contribution in [1.82, 2.24) is 5.32 Å².